The minimum atomic E-state index is -0.775. The first-order chi connectivity index (χ1) is 7.72. The summed E-state index contributed by atoms with van der Waals surface area (Å²) in [7, 11) is 0. The molecule has 88 valence electrons. The molecule has 0 saturated carbocycles. The van der Waals surface area contributed by atoms with E-state index in [2.05, 4.69) is 0 Å². The molecule has 0 saturated heterocycles. The number of benzene rings is 1. The van der Waals surface area contributed by atoms with E-state index >= 15 is 0 Å². The van der Waals surface area contributed by atoms with Crippen molar-refractivity contribution >= 4 is 5.97 Å². The van der Waals surface area contributed by atoms with Crippen LogP contribution in [0.15, 0.2) is 24.3 Å². The molecule has 0 aliphatic heterocycles. The maximum atomic E-state index is 10.4. The van der Waals surface area contributed by atoms with Crippen molar-refractivity contribution in [3.63, 3.8) is 0 Å². The van der Waals surface area contributed by atoms with Gasteiger partial charge in [-0.15, -0.1) is 0 Å². The van der Waals surface area contributed by atoms with Crippen molar-refractivity contribution in [1.82, 2.24) is 0 Å². The van der Waals surface area contributed by atoms with Crippen LogP contribution in [-0.2, 0) is 11.2 Å². The number of ether oxygens (including phenoxy) is 1. The highest BCUT2D eigenvalue weighted by Gasteiger charge is 1.99. The molecule has 0 radical (unpaired) electrons. The third-order valence-electron chi connectivity index (χ3n) is 2.17. The van der Waals surface area contributed by atoms with Crippen LogP contribution in [0, 0.1) is 0 Å². The van der Waals surface area contributed by atoms with Gasteiger partial charge < -0.3 is 15.6 Å². The van der Waals surface area contributed by atoms with Crippen LogP contribution in [0.1, 0.15) is 18.4 Å². The minimum Gasteiger partial charge on any atom is -0.494 e. The average molecular weight is 223 g/mol. The first-order valence-corrected chi connectivity index (χ1v) is 5.36. The van der Waals surface area contributed by atoms with E-state index < -0.39 is 5.97 Å². The van der Waals surface area contributed by atoms with E-state index in [1.165, 1.54) is 0 Å². The summed E-state index contributed by atoms with van der Waals surface area (Å²) in [6, 6.07) is 7.49. The standard InChI is InChI=1S/C12H17NO3/c13-8-1-9-16-11-5-2-10(3-6-11)4-7-12(14)15/h2-3,5-6H,1,4,7-9,13H2,(H,14,15). The second-order valence-electron chi connectivity index (χ2n) is 3.53. The second-order valence-corrected chi connectivity index (χ2v) is 3.53. The van der Waals surface area contributed by atoms with Crippen molar-refractivity contribution in [3.8, 4) is 5.75 Å². The van der Waals surface area contributed by atoms with Crippen molar-refractivity contribution < 1.29 is 14.6 Å². The maximum absolute atomic E-state index is 10.4. The number of nitrogens with two attached hydrogens (primary N) is 1. The first kappa shape index (κ1) is 12.5. The molecular formula is C12H17NO3. The Morgan fingerprint density at radius 1 is 1.31 bits per heavy atom. The molecule has 4 heteroatoms. The minimum absolute atomic E-state index is 0.160. The van der Waals surface area contributed by atoms with Gasteiger partial charge in [-0.2, -0.15) is 0 Å². The Hall–Kier alpha value is -1.55. The van der Waals surface area contributed by atoms with Gasteiger partial charge in [0.05, 0.1) is 6.61 Å². The van der Waals surface area contributed by atoms with E-state index in [1.54, 1.807) is 0 Å². The number of carboxylic acid groups (broad SMARTS) is 1. The topological polar surface area (TPSA) is 72.5 Å². The van der Waals surface area contributed by atoms with Crippen molar-refractivity contribution in [2.75, 3.05) is 13.2 Å². The van der Waals surface area contributed by atoms with Crippen LogP contribution in [0.4, 0.5) is 0 Å². The normalized spacial score (nSPS) is 10.1. The summed E-state index contributed by atoms with van der Waals surface area (Å²) < 4.78 is 5.43. The van der Waals surface area contributed by atoms with E-state index in [0.717, 1.165) is 17.7 Å². The van der Waals surface area contributed by atoms with Gasteiger partial charge >= 0.3 is 5.97 Å². The van der Waals surface area contributed by atoms with E-state index in [0.29, 0.717) is 19.6 Å². The molecule has 0 fully saturated rings. The van der Waals surface area contributed by atoms with Gasteiger partial charge in [-0.25, -0.2) is 0 Å². The summed E-state index contributed by atoms with van der Waals surface area (Å²) in [5.41, 5.74) is 6.36. The molecule has 0 aliphatic rings. The van der Waals surface area contributed by atoms with E-state index in [4.69, 9.17) is 15.6 Å². The van der Waals surface area contributed by atoms with Crippen LogP contribution in [-0.4, -0.2) is 24.2 Å². The van der Waals surface area contributed by atoms with Gasteiger partial charge in [0.2, 0.25) is 0 Å². The fraction of sp³-hybridized carbons (Fsp3) is 0.417. The highest BCUT2D eigenvalue weighted by Crippen LogP contribution is 2.13. The molecule has 0 spiro atoms. The van der Waals surface area contributed by atoms with Gasteiger partial charge in [-0.1, -0.05) is 12.1 Å². The highest BCUT2D eigenvalue weighted by atomic mass is 16.5. The Balaban J connectivity index is 2.38. The number of aliphatic carboxylic acids is 1. The first-order valence-electron chi connectivity index (χ1n) is 5.36. The summed E-state index contributed by atoms with van der Waals surface area (Å²) in [5, 5.41) is 8.54. The fourth-order valence-electron chi connectivity index (χ4n) is 1.28. The lowest BCUT2D eigenvalue weighted by Gasteiger charge is -2.05. The van der Waals surface area contributed by atoms with Crippen LogP contribution in [0.2, 0.25) is 0 Å². The predicted octanol–water partition coefficient (Wildman–Crippen LogP) is 1.43. The monoisotopic (exact) mass is 223 g/mol. The molecule has 0 heterocycles. The number of hydrogen-bond acceptors (Lipinski definition) is 3. The summed E-state index contributed by atoms with van der Waals surface area (Å²) in [4.78, 5) is 10.4. The lowest BCUT2D eigenvalue weighted by atomic mass is 10.1. The summed E-state index contributed by atoms with van der Waals surface area (Å²) in [5.74, 6) is 0.0239. The summed E-state index contributed by atoms with van der Waals surface area (Å²) in [6.45, 7) is 1.24. The van der Waals surface area contributed by atoms with Gasteiger partial charge in [0.15, 0.2) is 0 Å². The molecule has 1 aromatic rings. The average Bonchev–Trinajstić information content (AvgIpc) is 2.28. The summed E-state index contributed by atoms with van der Waals surface area (Å²) >= 11 is 0. The largest absolute Gasteiger partial charge is 0.494 e. The molecule has 0 unspecified atom stereocenters. The SMILES string of the molecule is NCCCOc1ccc(CCC(=O)O)cc1. The van der Waals surface area contributed by atoms with Crippen molar-refractivity contribution in [3.05, 3.63) is 29.8 Å². The third kappa shape index (κ3) is 4.79. The smallest absolute Gasteiger partial charge is 0.303 e. The number of hydrogen-bond donors (Lipinski definition) is 2. The van der Waals surface area contributed by atoms with Crippen molar-refractivity contribution in [2.24, 2.45) is 5.73 Å². The van der Waals surface area contributed by atoms with Crippen LogP contribution < -0.4 is 10.5 Å². The zero-order valence-electron chi connectivity index (χ0n) is 9.19. The zero-order valence-corrected chi connectivity index (χ0v) is 9.19. The maximum Gasteiger partial charge on any atom is 0.303 e. The van der Waals surface area contributed by atoms with Gasteiger partial charge in [0, 0.05) is 6.42 Å². The molecule has 0 atom stereocenters. The predicted molar refractivity (Wildman–Crippen MR) is 61.6 cm³/mol. The third-order valence-corrected chi connectivity index (χ3v) is 2.17. The van der Waals surface area contributed by atoms with E-state index in [-0.39, 0.29) is 6.42 Å². The Kier molecular flexibility index (Phi) is 5.36. The molecule has 16 heavy (non-hydrogen) atoms. The van der Waals surface area contributed by atoms with Crippen LogP contribution in [0.5, 0.6) is 5.75 Å². The number of rotatable bonds is 7. The summed E-state index contributed by atoms with van der Waals surface area (Å²) in [6.07, 6.45) is 1.55. The van der Waals surface area contributed by atoms with Gasteiger partial charge in [0.25, 0.3) is 0 Å². The number of aryl methyl sites for hydroxylation is 1. The molecule has 3 N–H and O–H groups in total. The number of carboxylic acids is 1. The quantitative estimate of drug-likeness (QED) is 0.686. The second kappa shape index (κ2) is 6.85. The Morgan fingerprint density at radius 2 is 2.00 bits per heavy atom. The molecule has 4 nitrogen and oxygen atoms in total. The van der Waals surface area contributed by atoms with Gasteiger partial charge in [-0.05, 0) is 37.1 Å². The molecular weight excluding hydrogens is 206 g/mol. The number of carbonyl (C=O) groups is 1. The Labute approximate surface area is 95.0 Å². The lowest BCUT2D eigenvalue weighted by Crippen LogP contribution is -2.06. The zero-order chi connectivity index (χ0) is 11.8. The van der Waals surface area contributed by atoms with Crippen LogP contribution in [0.25, 0.3) is 0 Å². The van der Waals surface area contributed by atoms with Gasteiger partial charge in [-0.3, -0.25) is 4.79 Å². The van der Waals surface area contributed by atoms with Crippen LogP contribution in [0.3, 0.4) is 0 Å². The fourth-order valence-corrected chi connectivity index (χ4v) is 1.28. The Bertz CT molecular complexity index is 322. The Morgan fingerprint density at radius 3 is 2.56 bits per heavy atom. The molecule has 0 bridgehead atoms. The highest BCUT2D eigenvalue weighted by molar-refractivity contribution is 5.67. The van der Waals surface area contributed by atoms with Crippen LogP contribution >= 0.6 is 0 Å². The van der Waals surface area contributed by atoms with E-state index in [9.17, 15) is 4.79 Å². The van der Waals surface area contributed by atoms with Crippen molar-refractivity contribution in [1.29, 1.82) is 0 Å². The molecule has 0 aliphatic carbocycles. The molecule has 0 aromatic heterocycles. The van der Waals surface area contributed by atoms with Gasteiger partial charge in [0.1, 0.15) is 5.75 Å². The molecule has 1 rings (SSSR count). The molecule has 1 aromatic carbocycles. The van der Waals surface area contributed by atoms with Crippen molar-refractivity contribution in [2.45, 2.75) is 19.3 Å². The lowest BCUT2D eigenvalue weighted by molar-refractivity contribution is -0.136. The van der Waals surface area contributed by atoms with E-state index in [1.807, 2.05) is 24.3 Å². The molecule has 0 amide bonds.